The van der Waals surface area contributed by atoms with Crippen LogP contribution in [-0.4, -0.2) is 42.0 Å². The summed E-state index contributed by atoms with van der Waals surface area (Å²) in [6.45, 7) is 8.30. The number of phenols is 1. The van der Waals surface area contributed by atoms with Gasteiger partial charge in [-0.1, -0.05) is 12.1 Å². The average Bonchev–Trinajstić information content (AvgIpc) is 2.75. The zero-order valence-corrected chi connectivity index (χ0v) is 17.8. The smallest absolute Gasteiger partial charge is 0.240 e. The van der Waals surface area contributed by atoms with Crippen molar-refractivity contribution in [3.8, 4) is 11.5 Å². The van der Waals surface area contributed by atoms with Crippen LogP contribution >= 0.6 is 0 Å². The van der Waals surface area contributed by atoms with E-state index in [-0.39, 0.29) is 24.5 Å². The maximum atomic E-state index is 12.0. The van der Waals surface area contributed by atoms with E-state index in [1.807, 2.05) is 13.0 Å². The Kier molecular flexibility index (Phi) is 9.15. The number of phenolic OH excluding ortho intramolecular Hbond substituents is 1. The monoisotopic (exact) mass is 413 g/mol. The summed E-state index contributed by atoms with van der Waals surface area (Å²) in [5, 5.41) is 24.3. The van der Waals surface area contributed by atoms with Gasteiger partial charge in [-0.25, -0.2) is 5.43 Å². The zero-order chi connectivity index (χ0) is 21.9. The molecular weight excluding hydrogens is 382 g/mol. The highest BCUT2D eigenvalue weighted by atomic mass is 16.5. The number of anilines is 1. The minimum Gasteiger partial charge on any atom is -0.507 e. The number of carbonyl (C=O) groups is 1. The minimum atomic E-state index is -0.743. The topological polar surface area (TPSA) is 94.4 Å². The molecule has 0 aromatic heterocycles. The fourth-order valence-electron chi connectivity index (χ4n) is 3.04. The van der Waals surface area contributed by atoms with Crippen molar-refractivity contribution in [2.24, 2.45) is 5.10 Å². The first kappa shape index (κ1) is 23.2. The highest BCUT2D eigenvalue weighted by molar-refractivity contribution is 5.86. The van der Waals surface area contributed by atoms with Gasteiger partial charge in [-0.05, 0) is 57.0 Å². The molecule has 0 aliphatic heterocycles. The van der Waals surface area contributed by atoms with Crippen LogP contribution in [0.15, 0.2) is 47.6 Å². The molecule has 7 nitrogen and oxygen atoms in total. The second-order valence-corrected chi connectivity index (χ2v) is 6.77. The Hall–Kier alpha value is -3.06. The van der Waals surface area contributed by atoms with Crippen LogP contribution in [0.3, 0.4) is 0 Å². The van der Waals surface area contributed by atoms with E-state index in [1.165, 1.54) is 6.21 Å². The quantitative estimate of drug-likeness (QED) is 0.387. The fourth-order valence-corrected chi connectivity index (χ4v) is 3.04. The van der Waals surface area contributed by atoms with E-state index < -0.39 is 6.10 Å². The van der Waals surface area contributed by atoms with Crippen molar-refractivity contribution in [2.45, 2.75) is 39.7 Å². The molecular formula is C23H31N3O4. The molecule has 7 heteroatoms. The Morgan fingerprint density at radius 3 is 2.47 bits per heavy atom. The summed E-state index contributed by atoms with van der Waals surface area (Å²) in [7, 11) is 0. The minimum absolute atomic E-state index is 0.100. The van der Waals surface area contributed by atoms with E-state index >= 15 is 0 Å². The number of hydrazone groups is 1. The second kappa shape index (κ2) is 11.8. The van der Waals surface area contributed by atoms with Crippen LogP contribution in [0.5, 0.6) is 11.5 Å². The second-order valence-electron chi connectivity index (χ2n) is 6.77. The average molecular weight is 414 g/mol. The molecule has 30 heavy (non-hydrogen) atoms. The van der Waals surface area contributed by atoms with Crippen LogP contribution in [0.4, 0.5) is 5.69 Å². The molecule has 0 saturated heterocycles. The zero-order valence-electron chi connectivity index (χ0n) is 17.8. The molecule has 0 aliphatic carbocycles. The Labute approximate surface area is 178 Å². The predicted molar refractivity (Wildman–Crippen MR) is 119 cm³/mol. The highest BCUT2D eigenvalue weighted by Gasteiger charge is 2.11. The van der Waals surface area contributed by atoms with E-state index in [0.29, 0.717) is 12.2 Å². The van der Waals surface area contributed by atoms with Crippen molar-refractivity contribution in [2.75, 3.05) is 24.6 Å². The van der Waals surface area contributed by atoms with Gasteiger partial charge in [0.15, 0.2) is 0 Å². The van der Waals surface area contributed by atoms with Crippen molar-refractivity contribution in [3.63, 3.8) is 0 Å². The van der Waals surface area contributed by atoms with E-state index in [4.69, 9.17) is 4.74 Å². The number of nitrogens with zero attached hydrogens (tertiary/aromatic N) is 2. The van der Waals surface area contributed by atoms with Crippen molar-refractivity contribution in [1.29, 1.82) is 0 Å². The van der Waals surface area contributed by atoms with Gasteiger partial charge in [-0.3, -0.25) is 4.79 Å². The molecule has 0 heterocycles. The Morgan fingerprint density at radius 1 is 1.17 bits per heavy atom. The molecule has 2 aromatic rings. The lowest BCUT2D eigenvalue weighted by Crippen LogP contribution is -2.21. The fraction of sp³-hybridized carbons (Fsp3) is 0.391. The van der Waals surface area contributed by atoms with Gasteiger partial charge in [0.05, 0.1) is 18.9 Å². The van der Waals surface area contributed by atoms with Crippen LogP contribution in [0, 0.1) is 0 Å². The number of ether oxygens (including phenoxy) is 1. The number of rotatable bonds is 11. The van der Waals surface area contributed by atoms with Gasteiger partial charge >= 0.3 is 0 Å². The summed E-state index contributed by atoms with van der Waals surface area (Å²) < 4.78 is 5.38. The predicted octanol–water partition coefficient (Wildman–Crippen LogP) is 3.60. The molecule has 3 N–H and O–H groups in total. The largest absolute Gasteiger partial charge is 0.507 e. The van der Waals surface area contributed by atoms with Crippen molar-refractivity contribution >= 4 is 17.8 Å². The van der Waals surface area contributed by atoms with E-state index in [2.05, 4.69) is 29.3 Å². The maximum Gasteiger partial charge on any atom is 0.240 e. The summed E-state index contributed by atoms with van der Waals surface area (Å²) in [5.74, 6) is 0.535. The van der Waals surface area contributed by atoms with Crippen LogP contribution in [0.25, 0.3) is 0 Å². The van der Waals surface area contributed by atoms with E-state index in [0.717, 1.165) is 30.1 Å². The number of aliphatic hydroxyl groups is 1. The number of aliphatic hydroxyl groups excluding tert-OH is 1. The number of aromatic hydroxyl groups is 1. The van der Waals surface area contributed by atoms with Crippen molar-refractivity contribution in [1.82, 2.24) is 5.43 Å². The lowest BCUT2D eigenvalue weighted by Gasteiger charge is -2.21. The van der Waals surface area contributed by atoms with Gasteiger partial charge in [0, 0.05) is 36.8 Å². The standard InChI is InChI=1S/C23H31N3O4/c1-4-26(5-2)19-10-7-18(22(28)15-19)16-24-25-23(29)14-13-21(27)17-8-11-20(12-9-17)30-6-3/h7-12,15-16,21,27-28H,4-6,13-14H2,1-3H3,(H,25,29)/b24-16+/t21-/m1/s1. The van der Waals surface area contributed by atoms with E-state index in [1.54, 1.807) is 36.4 Å². The molecule has 2 aromatic carbocycles. The molecule has 162 valence electrons. The molecule has 1 amide bonds. The van der Waals surface area contributed by atoms with Gasteiger partial charge in [-0.2, -0.15) is 5.10 Å². The Bertz CT molecular complexity index is 833. The first-order valence-corrected chi connectivity index (χ1v) is 10.3. The Balaban J connectivity index is 1.83. The normalized spacial score (nSPS) is 12.0. The number of nitrogens with one attached hydrogen (secondary N) is 1. The molecule has 0 radical (unpaired) electrons. The van der Waals surface area contributed by atoms with E-state index in [9.17, 15) is 15.0 Å². The first-order valence-electron chi connectivity index (χ1n) is 10.3. The lowest BCUT2D eigenvalue weighted by molar-refractivity contribution is -0.121. The lowest BCUT2D eigenvalue weighted by atomic mass is 10.0. The molecule has 0 spiro atoms. The first-order chi connectivity index (χ1) is 14.5. The highest BCUT2D eigenvalue weighted by Crippen LogP contribution is 2.24. The number of benzene rings is 2. The van der Waals surface area contributed by atoms with Crippen molar-refractivity contribution < 1.29 is 19.7 Å². The number of hydrogen-bond acceptors (Lipinski definition) is 6. The molecule has 0 aliphatic rings. The molecule has 2 rings (SSSR count). The maximum absolute atomic E-state index is 12.0. The van der Waals surface area contributed by atoms with Crippen LogP contribution in [0.2, 0.25) is 0 Å². The summed E-state index contributed by atoms with van der Waals surface area (Å²) in [6, 6.07) is 12.5. The van der Waals surface area contributed by atoms with Gasteiger partial charge in [0.25, 0.3) is 0 Å². The van der Waals surface area contributed by atoms with Gasteiger partial charge in [0.1, 0.15) is 11.5 Å². The third-order valence-corrected chi connectivity index (χ3v) is 4.76. The van der Waals surface area contributed by atoms with Gasteiger partial charge in [-0.15, -0.1) is 0 Å². The molecule has 0 fully saturated rings. The number of amides is 1. The summed E-state index contributed by atoms with van der Waals surface area (Å²) in [4.78, 5) is 14.1. The Morgan fingerprint density at radius 2 is 1.87 bits per heavy atom. The summed E-state index contributed by atoms with van der Waals surface area (Å²) in [5.41, 5.74) is 4.61. The third kappa shape index (κ3) is 6.77. The summed E-state index contributed by atoms with van der Waals surface area (Å²) in [6.07, 6.45) is 1.06. The SMILES string of the molecule is CCOc1ccc([C@H](O)CCC(=O)N/N=C/c2ccc(N(CC)CC)cc2O)cc1. The van der Waals surface area contributed by atoms with Crippen LogP contribution < -0.4 is 15.1 Å². The van der Waals surface area contributed by atoms with Crippen molar-refractivity contribution in [3.05, 3.63) is 53.6 Å². The molecule has 1 atom stereocenters. The third-order valence-electron chi connectivity index (χ3n) is 4.76. The van der Waals surface area contributed by atoms with Gasteiger partial charge in [0.2, 0.25) is 5.91 Å². The molecule has 0 saturated carbocycles. The van der Waals surface area contributed by atoms with Crippen LogP contribution in [-0.2, 0) is 4.79 Å². The molecule has 0 bridgehead atoms. The molecule has 0 unspecified atom stereocenters. The number of carbonyl (C=O) groups excluding carboxylic acids is 1. The van der Waals surface area contributed by atoms with Gasteiger partial charge < -0.3 is 19.8 Å². The summed E-state index contributed by atoms with van der Waals surface area (Å²) >= 11 is 0. The van der Waals surface area contributed by atoms with Crippen LogP contribution in [0.1, 0.15) is 50.8 Å². The number of hydrogen-bond donors (Lipinski definition) is 3.